The van der Waals surface area contributed by atoms with Crippen molar-refractivity contribution in [3.8, 4) is 0 Å². The van der Waals surface area contributed by atoms with Crippen molar-refractivity contribution in [1.82, 2.24) is 10.4 Å². The lowest BCUT2D eigenvalue weighted by Gasteiger charge is -2.38. The minimum Gasteiger partial charge on any atom is -0.326 e. The number of benzene rings is 1. The first-order valence-electron chi connectivity index (χ1n) is 7.00. The first-order valence-corrected chi connectivity index (χ1v) is 7.00. The maximum Gasteiger partial charge on any atom is 0.265 e. The van der Waals surface area contributed by atoms with Gasteiger partial charge >= 0.3 is 0 Å². The molecule has 1 aromatic carbocycles. The van der Waals surface area contributed by atoms with Crippen molar-refractivity contribution in [1.29, 1.82) is 0 Å². The Kier molecular flexibility index (Phi) is 4.56. The van der Waals surface area contributed by atoms with Crippen LogP contribution < -0.4 is 11.2 Å². The quantitative estimate of drug-likeness (QED) is 0.875. The second-order valence-electron chi connectivity index (χ2n) is 5.38. The number of carbonyl (C=O) groups is 1. The van der Waals surface area contributed by atoms with E-state index in [4.69, 9.17) is 5.73 Å². The lowest BCUT2D eigenvalue weighted by atomic mass is 10.00. The van der Waals surface area contributed by atoms with Gasteiger partial charge in [-0.1, -0.05) is 18.6 Å². The molecule has 1 saturated heterocycles. The fraction of sp³-hybridized carbons (Fsp3) is 0.533. The molecule has 19 heavy (non-hydrogen) atoms. The molecule has 1 aromatic rings. The summed E-state index contributed by atoms with van der Waals surface area (Å²) in [5.74, 6) is -0.0378. The number of nitrogens with zero attached hydrogens (tertiary/aromatic N) is 1. The van der Waals surface area contributed by atoms with Gasteiger partial charge in [0.05, 0.1) is 0 Å². The minimum absolute atomic E-state index is 0.0378. The van der Waals surface area contributed by atoms with Crippen LogP contribution in [0.25, 0.3) is 0 Å². The van der Waals surface area contributed by atoms with Crippen molar-refractivity contribution in [2.24, 2.45) is 5.73 Å². The van der Waals surface area contributed by atoms with Crippen LogP contribution in [0.2, 0.25) is 0 Å². The fourth-order valence-corrected chi connectivity index (χ4v) is 2.62. The number of carbonyl (C=O) groups excluding carboxylic acids is 1. The Bertz CT molecular complexity index is 420. The molecule has 1 heterocycles. The number of nitrogens with two attached hydrogens (primary N) is 1. The minimum atomic E-state index is -0.0378. The number of rotatable bonds is 3. The van der Waals surface area contributed by atoms with Crippen LogP contribution in [-0.4, -0.2) is 23.0 Å². The Morgan fingerprint density at radius 3 is 2.37 bits per heavy atom. The number of amides is 1. The molecule has 1 fully saturated rings. The van der Waals surface area contributed by atoms with E-state index in [9.17, 15) is 4.79 Å². The maximum atomic E-state index is 12.2. The highest BCUT2D eigenvalue weighted by Gasteiger charge is 2.26. The molecule has 0 radical (unpaired) electrons. The third kappa shape index (κ3) is 3.33. The molecule has 2 atom stereocenters. The van der Waals surface area contributed by atoms with Crippen LogP contribution in [0.4, 0.5) is 0 Å². The smallest absolute Gasteiger partial charge is 0.265 e. The Morgan fingerprint density at radius 1 is 1.26 bits per heavy atom. The van der Waals surface area contributed by atoms with Crippen molar-refractivity contribution in [2.75, 3.05) is 0 Å². The first kappa shape index (κ1) is 14.0. The van der Waals surface area contributed by atoms with Crippen LogP contribution in [0.1, 0.15) is 49.0 Å². The van der Waals surface area contributed by atoms with E-state index in [0.717, 1.165) is 18.4 Å². The normalized spacial score (nSPS) is 24.2. The highest BCUT2D eigenvalue weighted by atomic mass is 16.2. The van der Waals surface area contributed by atoms with Gasteiger partial charge in [0.15, 0.2) is 0 Å². The van der Waals surface area contributed by atoms with Gasteiger partial charge < -0.3 is 5.73 Å². The molecule has 4 nitrogen and oxygen atoms in total. The fourth-order valence-electron chi connectivity index (χ4n) is 2.62. The Labute approximate surface area is 114 Å². The lowest BCUT2D eigenvalue weighted by Crippen LogP contribution is -2.54. The number of hydrazine groups is 1. The van der Waals surface area contributed by atoms with Gasteiger partial charge in [-0.05, 0) is 44.4 Å². The van der Waals surface area contributed by atoms with E-state index in [0.29, 0.717) is 24.2 Å². The SMILES string of the molecule is CC1CCCC(C)N1NC(=O)c1ccc(CN)cc1. The van der Waals surface area contributed by atoms with Crippen molar-refractivity contribution in [3.05, 3.63) is 35.4 Å². The zero-order valence-corrected chi connectivity index (χ0v) is 11.7. The van der Waals surface area contributed by atoms with Crippen LogP contribution in [0.3, 0.4) is 0 Å². The molecule has 1 aliphatic heterocycles. The van der Waals surface area contributed by atoms with Gasteiger partial charge in [-0.15, -0.1) is 0 Å². The van der Waals surface area contributed by atoms with Crippen LogP contribution >= 0.6 is 0 Å². The predicted octanol–water partition coefficient (Wildman–Crippen LogP) is 2.05. The van der Waals surface area contributed by atoms with Crippen molar-refractivity contribution in [2.45, 2.75) is 51.7 Å². The predicted molar refractivity (Wildman–Crippen MR) is 76.4 cm³/mol. The van der Waals surface area contributed by atoms with E-state index in [-0.39, 0.29) is 5.91 Å². The maximum absolute atomic E-state index is 12.2. The number of hydrogen-bond donors (Lipinski definition) is 2. The van der Waals surface area contributed by atoms with Gasteiger partial charge in [-0.2, -0.15) is 0 Å². The van der Waals surface area contributed by atoms with Gasteiger partial charge in [0.2, 0.25) is 0 Å². The Balaban J connectivity index is 2.02. The average Bonchev–Trinajstić information content (AvgIpc) is 2.43. The third-order valence-corrected chi connectivity index (χ3v) is 3.88. The molecule has 0 aliphatic carbocycles. The standard InChI is InChI=1S/C15H23N3O/c1-11-4-3-5-12(2)18(11)17-15(19)14-8-6-13(10-16)7-9-14/h6-9,11-12H,3-5,10,16H2,1-2H3,(H,17,19). The zero-order chi connectivity index (χ0) is 13.8. The van der Waals surface area contributed by atoms with Crippen molar-refractivity contribution in [3.63, 3.8) is 0 Å². The zero-order valence-electron chi connectivity index (χ0n) is 11.7. The summed E-state index contributed by atoms with van der Waals surface area (Å²) in [5, 5.41) is 2.09. The highest BCUT2D eigenvalue weighted by Crippen LogP contribution is 2.20. The monoisotopic (exact) mass is 261 g/mol. The summed E-state index contributed by atoms with van der Waals surface area (Å²) in [6, 6.07) is 8.26. The summed E-state index contributed by atoms with van der Waals surface area (Å²) in [5.41, 5.74) is 10.3. The van der Waals surface area contributed by atoms with E-state index < -0.39 is 0 Å². The summed E-state index contributed by atoms with van der Waals surface area (Å²) >= 11 is 0. The molecule has 0 spiro atoms. The summed E-state index contributed by atoms with van der Waals surface area (Å²) in [7, 11) is 0. The summed E-state index contributed by atoms with van der Waals surface area (Å²) in [6.45, 7) is 4.82. The second-order valence-corrected chi connectivity index (χ2v) is 5.38. The first-order chi connectivity index (χ1) is 9.11. The topological polar surface area (TPSA) is 58.4 Å². The van der Waals surface area contributed by atoms with Crippen LogP contribution in [0, 0.1) is 0 Å². The molecular formula is C15H23N3O. The number of piperidine rings is 1. The molecule has 1 aliphatic rings. The molecule has 0 aromatic heterocycles. The number of nitrogens with one attached hydrogen (secondary N) is 1. The molecule has 2 rings (SSSR count). The van der Waals surface area contributed by atoms with Crippen molar-refractivity contribution >= 4 is 5.91 Å². The van der Waals surface area contributed by atoms with Gasteiger partial charge in [-0.25, -0.2) is 5.01 Å². The van der Waals surface area contributed by atoms with Gasteiger partial charge in [0, 0.05) is 24.2 Å². The van der Waals surface area contributed by atoms with Crippen LogP contribution in [0.5, 0.6) is 0 Å². The van der Waals surface area contributed by atoms with Crippen LogP contribution in [-0.2, 0) is 6.54 Å². The Hall–Kier alpha value is -1.39. The molecule has 0 saturated carbocycles. The van der Waals surface area contributed by atoms with Gasteiger partial charge in [0.1, 0.15) is 0 Å². The van der Waals surface area contributed by atoms with E-state index in [1.807, 2.05) is 24.3 Å². The van der Waals surface area contributed by atoms with E-state index in [2.05, 4.69) is 24.3 Å². The summed E-state index contributed by atoms with van der Waals surface area (Å²) < 4.78 is 0. The molecule has 1 amide bonds. The van der Waals surface area contributed by atoms with E-state index in [1.54, 1.807) is 0 Å². The molecule has 0 bridgehead atoms. The second kappa shape index (κ2) is 6.17. The highest BCUT2D eigenvalue weighted by molar-refractivity contribution is 5.93. The molecule has 4 heteroatoms. The summed E-state index contributed by atoms with van der Waals surface area (Å²) in [4.78, 5) is 12.2. The molecule has 104 valence electrons. The molecule has 3 N–H and O–H groups in total. The average molecular weight is 261 g/mol. The third-order valence-electron chi connectivity index (χ3n) is 3.88. The molecule has 2 unspecified atom stereocenters. The molecular weight excluding hydrogens is 238 g/mol. The van der Waals surface area contributed by atoms with Gasteiger partial charge in [0.25, 0.3) is 5.91 Å². The largest absolute Gasteiger partial charge is 0.326 e. The van der Waals surface area contributed by atoms with Crippen LogP contribution in [0.15, 0.2) is 24.3 Å². The Morgan fingerprint density at radius 2 is 1.84 bits per heavy atom. The number of hydrogen-bond acceptors (Lipinski definition) is 3. The van der Waals surface area contributed by atoms with E-state index >= 15 is 0 Å². The summed E-state index contributed by atoms with van der Waals surface area (Å²) in [6.07, 6.45) is 3.51. The lowest BCUT2D eigenvalue weighted by molar-refractivity contribution is 0.0370. The van der Waals surface area contributed by atoms with Crippen molar-refractivity contribution < 1.29 is 4.79 Å². The van der Waals surface area contributed by atoms with Gasteiger partial charge in [-0.3, -0.25) is 10.2 Å². The van der Waals surface area contributed by atoms with E-state index in [1.165, 1.54) is 6.42 Å².